The Kier molecular flexibility index (Phi) is 2.09. The normalized spacial score (nSPS) is 20.2. The third-order valence-electron chi connectivity index (χ3n) is 2.09. The fourth-order valence-electron chi connectivity index (χ4n) is 1.42. The molecule has 0 aromatic carbocycles. The van der Waals surface area contributed by atoms with E-state index in [1.54, 1.807) is 0 Å². The van der Waals surface area contributed by atoms with Crippen LogP contribution in [0.3, 0.4) is 0 Å². The maximum absolute atomic E-state index is 11.6. The van der Waals surface area contributed by atoms with Gasteiger partial charge in [-0.15, -0.1) is 0 Å². The average Bonchev–Trinajstić information content (AvgIpc) is 2.43. The summed E-state index contributed by atoms with van der Waals surface area (Å²) in [6.45, 7) is 0. The van der Waals surface area contributed by atoms with Gasteiger partial charge in [-0.1, -0.05) is 48.6 Å². The molecule has 64 valence electrons. The molecule has 0 aromatic rings. The highest BCUT2D eigenvalue weighted by molar-refractivity contribution is 6.02. The summed E-state index contributed by atoms with van der Waals surface area (Å²) in [6, 6.07) is 0. The molecule has 1 heteroatoms. The van der Waals surface area contributed by atoms with Crippen LogP contribution in [0.2, 0.25) is 0 Å². The summed E-state index contributed by atoms with van der Waals surface area (Å²) in [4.78, 5) is 11.6. The SMILES string of the molecule is O=C1CC=CC=C2C=CC=CC=C12. The van der Waals surface area contributed by atoms with Gasteiger partial charge in [0.2, 0.25) is 0 Å². The molecule has 0 amide bonds. The van der Waals surface area contributed by atoms with Crippen molar-refractivity contribution in [3.05, 3.63) is 59.8 Å². The van der Waals surface area contributed by atoms with E-state index in [-0.39, 0.29) is 5.78 Å². The Bertz CT molecular complexity index is 376. The van der Waals surface area contributed by atoms with Gasteiger partial charge in [0.1, 0.15) is 0 Å². The van der Waals surface area contributed by atoms with Crippen LogP contribution in [0.1, 0.15) is 6.42 Å². The van der Waals surface area contributed by atoms with Crippen LogP contribution in [0.4, 0.5) is 0 Å². The van der Waals surface area contributed by atoms with Crippen LogP contribution < -0.4 is 0 Å². The zero-order valence-electron chi connectivity index (χ0n) is 7.23. The van der Waals surface area contributed by atoms with Crippen molar-refractivity contribution in [3.63, 3.8) is 0 Å². The van der Waals surface area contributed by atoms with Gasteiger partial charge < -0.3 is 0 Å². The van der Waals surface area contributed by atoms with Crippen LogP contribution in [0.15, 0.2) is 59.8 Å². The van der Waals surface area contributed by atoms with Crippen LogP contribution in [0.5, 0.6) is 0 Å². The van der Waals surface area contributed by atoms with Gasteiger partial charge in [-0.2, -0.15) is 0 Å². The molecule has 0 heterocycles. The standard InChI is InChI=1S/C12H10O/c13-12-9-5-4-7-10-6-2-1-3-8-11(10)12/h1-8H,9H2. The zero-order chi connectivity index (χ0) is 9.10. The van der Waals surface area contributed by atoms with Crippen molar-refractivity contribution in [3.8, 4) is 0 Å². The van der Waals surface area contributed by atoms with Crippen molar-refractivity contribution >= 4 is 5.78 Å². The molecule has 0 spiro atoms. The van der Waals surface area contributed by atoms with Crippen LogP contribution in [0.25, 0.3) is 0 Å². The fourth-order valence-corrected chi connectivity index (χ4v) is 1.42. The summed E-state index contributed by atoms with van der Waals surface area (Å²) in [5, 5.41) is 0. The molecule has 0 radical (unpaired) electrons. The molecule has 0 aromatic heterocycles. The quantitative estimate of drug-likeness (QED) is 0.546. The minimum Gasteiger partial charge on any atom is -0.294 e. The fraction of sp³-hybridized carbons (Fsp3) is 0.0833. The number of ketones is 1. The molecule has 1 nitrogen and oxygen atoms in total. The highest BCUT2D eigenvalue weighted by Gasteiger charge is 2.12. The van der Waals surface area contributed by atoms with Crippen LogP contribution in [-0.2, 0) is 4.79 Å². The number of allylic oxidation sites excluding steroid dienone is 10. The third-order valence-corrected chi connectivity index (χ3v) is 2.09. The minimum absolute atomic E-state index is 0.191. The van der Waals surface area contributed by atoms with Crippen LogP contribution >= 0.6 is 0 Å². The van der Waals surface area contributed by atoms with Crippen molar-refractivity contribution in [2.75, 3.05) is 0 Å². The van der Waals surface area contributed by atoms with Gasteiger partial charge >= 0.3 is 0 Å². The summed E-state index contributed by atoms with van der Waals surface area (Å²) in [5.41, 5.74) is 1.82. The predicted molar refractivity (Wildman–Crippen MR) is 53.2 cm³/mol. The van der Waals surface area contributed by atoms with E-state index in [2.05, 4.69) is 0 Å². The van der Waals surface area contributed by atoms with Gasteiger partial charge in [0.25, 0.3) is 0 Å². The second-order valence-electron chi connectivity index (χ2n) is 3.00. The summed E-state index contributed by atoms with van der Waals surface area (Å²) in [7, 11) is 0. The molecule has 2 rings (SSSR count). The molecular weight excluding hydrogens is 160 g/mol. The third kappa shape index (κ3) is 1.59. The molecule has 0 unspecified atom stereocenters. The largest absolute Gasteiger partial charge is 0.294 e. The van der Waals surface area contributed by atoms with Crippen LogP contribution in [0, 0.1) is 0 Å². The summed E-state index contributed by atoms with van der Waals surface area (Å²) < 4.78 is 0. The predicted octanol–water partition coefficient (Wildman–Crippen LogP) is 2.49. The second-order valence-corrected chi connectivity index (χ2v) is 3.00. The smallest absolute Gasteiger partial charge is 0.167 e. The van der Waals surface area contributed by atoms with Crippen molar-refractivity contribution in [1.82, 2.24) is 0 Å². The van der Waals surface area contributed by atoms with Gasteiger partial charge in [-0.3, -0.25) is 4.79 Å². The van der Waals surface area contributed by atoms with E-state index in [4.69, 9.17) is 0 Å². The van der Waals surface area contributed by atoms with Crippen molar-refractivity contribution < 1.29 is 4.79 Å². The monoisotopic (exact) mass is 170 g/mol. The van der Waals surface area contributed by atoms with E-state index in [1.165, 1.54) is 0 Å². The number of hydrogen-bond acceptors (Lipinski definition) is 1. The van der Waals surface area contributed by atoms with Gasteiger partial charge in [0.05, 0.1) is 0 Å². The molecular formula is C12H10O. The zero-order valence-corrected chi connectivity index (χ0v) is 7.23. The lowest BCUT2D eigenvalue weighted by molar-refractivity contribution is -0.114. The number of rotatable bonds is 0. The molecule has 0 fully saturated rings. The van der Waals surface area contributed by atoms with E-state index in [0.717, 1.165) is 11.1 Å². The topological polar surface area (TPSA) is 17.1 Å². The van der Waals surface area contributed by atoms with Crippen LogP contribution in [-0.4, -0.2) is 5.78 Å². The lowest BCUT2D eigenvalue weighted by Crippen LogP contribution is -2.00. The minimum atomic E-state index is 0.191. The number of carbonyl (C=O) groups is 1. The van der Waals surface area contributed by atoms with Crippen molar-refractivity contribution in [1.29, 1.82) is 0 Å². The number of Topliss-reactive ketones (excluding diaryl/α,β-unsaturated/α-hetero) is 1. The maximum atomic E-state index is 11.6. The van der Waals surface area contributed by atoms with E-state index in [0.29, 0.717) is 6.42 Å². The molecule has 0 bridgehead atoms. The van der Waals surface area contributed by atoms with Gasteiger partial charge in [0, 0.05) is 12.0 Å². The Hall–Kier alpha value is -1.63. The highest BCUT2D eigenvalue weighted by Crippen LogP contribution is 2.19. The first-order valence-electron chi connectivity index (χ1n) is 4.33. The second kappa shape index (κ2) is 3.40. The first-order valence-corrected chi connectivity index (χ1v) is 4.33. The van der Waals surface area contributed by atoms with Gasteiger partial charge in [-0.25, -0.2) is 0 Å². The van der Waals surface area contributed by atoms with E-state index < -0.39 is 0 Å². The average molecular weight is 170 g/mol. The molecule has 0 saturated carbocycles. The lowest BCUT2D eigenvalue weighted by atomic mass is 10.0. The number of hydrogen-bond donors (Lipinski definition) is 0. The highest BCUT2D eigenvalue weighted by atomic mass is 16.1. The Morgan fingerprint density at radius 1 is 1.00 bits per heavy atom. The van der Waals surface area contributed by atoms with Gasteiger partial charge in [-0.05, 0) is 5.57 Å². The first kappa shape index (κ1) is 7.99. The molecule has 0 atom stereocenters. The Balaban J connectivity index is 2.49. The Morgan fingerprint density at radius 3 is 2.85 bits per heavy atom. The summed E-state index contributed by atoms with van der Waals surface area (Å²) in [6.07, 6.45) is 15.9. The van der Waals surface area contributed by atoms with Crippen molar-refractivity contribution in [2.24, 2.45) is 0 Å². The molecule has 2 aliphatic carbocycles. The van der Waals surface area contributed by atoms with E-state index in [9.17, 15) is 4.79 Å². The molecule has 2 aliphatic rings. The van der Waals surface area contributed by atoms with Crippen molar-refractivity contribution in [2.45, 2.75) is 6.42 Å². The first-order chi connectivity index (χ1) is 6.38. The Morgan fingerprint density at radius 2 is 1.92 bits per heavy atom. The maximum Gasteiger partial charge on any atom is 0.167 e. The number of carbonyl (C=O) groups excluding carboxylic acids is 1. The van der Waals surface area contributed by atoms with Gasteiger partial charge in [0.15, 0.2) is 5.78 Å². The molecule has 0 aliphatic heterocycles. The summed E-state index contributed by atoms with van der Waals surface area (Å²) >= 11 is 0. The Labute approximate surface area is 77.5 Å². The number of fused-ring (bicyclic) bond motifs is 1. The molecule has 0 N–H and O–H groups in total. The van der Waals surface area contributed by atoms with E-state index >= 15 is 0 Å². The molecule has 13 heavy (non-hydrogen) atoms. The lowest BCUT2D eigenvalue weighted by Gasteiger charge is -2.01. The van der Waals surface area contributed by atoms with E-state index in [1.807, 2.05) is 48.6 Å². The summed E-state index contributed by atoms with van der Waals surface area (Å²) in [5.74, 6) is 0.191. The molecule has 0 saturated heterocycles.